The number of imidazole rings is 1. The number of carboxylic acid groups (broad SMARTS) is 1. The third-order valence-electron chi connectivity index (χ3n) is 2.59. The van der Waals surface area contributed by atoms with Gasteiger partial charge in [0.05, 0.1) is 11.9 Å². The zero-order chi connectivity index (χ0) is 13.0. The van der Waals surface area contributed by atoms with Crippen molar-refractivity contribution in [2.75, 3.05) is 5.32 Å². The van der Waals surface area contributed by atoms with Crippen LogP contribution in [0.1, 0.15) is 17.3 Å². The van der Waals surface area contributed by atoms with Gasteiger partial charge in [0.15, 0.2) is 0 Å². The van der Waals surface area contributed by atoms with Gasteiger partial charge < -0.3 is 15.0 Å². The second kappa shape index (κ2) is 5.35. The van der Waals surface area contributed by atoms with Crippen LogP contribution in [0.5, 0.6) is 0 Å². The second-order valence-electron chi connectivity index (χ2n) is 4.19. The van der Waals surface area contributed by atoms with E-state index >= 15 is 0 Å². The maximum Gasteiger partial charge on any atom is 0.335 e. The summed E-state index contributed by atoms with van der Waals surface area (Å²) < 4.78 is 1.99. The first-order valence-electron chi connectivity index (χ1n) is 5.71. The van der Waals surface area contributed by atoms with Crippen molar-refractivity contribution in [1.82, 2.24) is 9.55 Å². The molecule has 1 aromatic carbocycles. The number of benzene rings is 1. The Hall–Kier alpha value is -2.30. The predicted molar refractivity (Wildman–Crippen MR) is 68.7 cm³/mol. The minimum Gasteiger partial charge on any atom is -0.478 e. The predicted octanol–water partition coefficient (Wildman–Crippen LogP) is 2.08. The van der Waals surface area contributed by atoms with Gasteiger partial charge >= 0.3 is 5.97 Å². The number of aromatic carboxylic acids is 1. The standard InChI is InChI=1S/C13H15N3O2/c1-10(8-16-7-6-14-9-16)15-12-4-2-11(3-5-12)13(17)18/h2-7,9-10,15H,8H2,1H3,(H,17,18). The van der Waals surface area contributed by atoms with Crippen LogP contribution in [0.15, 0.2) is 43.0 Å². The van der Waals surface area contributed by atoms with Crippen molar-refractivity contribution in [3.63, 3.8) is 0 Å². The van der Waals surface area contributed by atoms with E-state index in [0.29, 0.717) is 5.56 Å². The van der Waals surface area contributed by atoms with Gasteiger partial charge in [-0.1, -0.05) is 0 Å². The van der Waals surface area contributed by atoms with E-state index in [2.05, 4.69) is 17.2 Å². The molecule has 2 rings (SSSR count). The van der Waals surface area contributed by atoms with Gasteiger partial charge in [0, 0.05) is 30.7 Å². The monoisotopic (exact) mass is 245 g/mol. The first-order chi connectivity index (χ1) is 8.65. The van der Waals surface area contributed by atoms with Crippen LogP contribution in [0.4, 0.5) is 5.69 Å². The Morgan fingerprint density at radius 2 is 2.17 bits per heavy atom. The fourth-order valence-electron chi connectivity index (χ4n) is 1.75. The van der Waals surface area contributed by atoms with Crippen molar-refractivity contribution >= 4 is 11.7 Å². The number of aromatic nitrogens is 2. The summed E-state index contributed by atoms with van der Waals surface area (Å²) in [6, 6.07) is 6.96. The van der Waals surface area contributed by atoms with E-state index in [1.807, 2.05) is 10.8 Å². The fraction of sp³-hybridized carbons (Fsp3) is 0.231. The maximum absolute atomic E-state index is 10.7. The smallest absolute Gasteiger partial charge is 0.335 e. The van der Waals surface area contributed by atoms with E-state index in [1.54, 1.807) is 36.8 Å². The van der Waals surface area contributed by atoms with Gasteiger partial charge in [0.2, 0.25) is 0 Å². The molecule has 0 aliphatic heterocycles. The van der Waals surface area contributed by atoms with E-state index in [-0.39, 0.29) is 6.04 Å². The molecule has 1 heterocycles. The van der Waals surface area contributed by atoms with E-state index in [1.165, 1.54) is 0 Å². The molecule has 0 spiro atoms. The van der Waals surface area contributed by atoms with Crippen LogP contribution in [0, 0.1) is 0 Å². The van der Waals surface area contributed by atoms with E-state index < -0.39 is 5.97 Å². The number of anilines is 1. The van der Waals surface area contributed by atoms with Gasteiger partial charge in [0.25, 0.3) is 0 Å². The Balaban J connectivity index is 1.94. The molecular weight excluding hydrogens is 230 g/mol. The van der Waals surface area contributed by atoms with Crippen LogP contribution >= 0.6 is 0 Å². The lowest BCUT2D eigenvalue weighted by Gasteiger charge is -2.15. The average molecular weight is 245 g/mol. The van der Waals surface area contributed by atoms with Crippen LogP contribution < -0.4 is 5.32 Å². The largest absolute Gasteiger partial charge is 0.478 e. The summed E-state index contributed by atoms with van der Waals surface area (Å²) in [6.07, 6.45) is 5.42. The molecule has 1 aromatic heterocycles. The highest BCUT2D eigenvalue weighted by atomic mass is 16.4. The zero-order valence-electron chi connectivity index (χ0n) is 10.1. The number of hydrogen-bond donors (Lipinski definition) is 2. The van der Waals surface area contributed by atoms with Gasteiger partial charge in [-0.15, -0.1) is 0 Å². The van der Waals surface area contributed by atoms with E-state index in [0.717, 1.165) is 12.2 Å². The molecule has 0 aliphatic rings. The van der Waals surface area contributed by atoms with Crippen molar-refractivity contribution in [3.8, 4) is 0 Å². The quantitative estimate of drug-likeness (QED) is 0.846. The minimum atomic E-state index is -0.909. The number of carboxylic acids is 1. The molecule has 5 heteroatoms. The molecule has 18 heavy (non-hydrogen) atoms. The summed E-state index contributed by atoms with van der Waals surface area (Å²) in [5, 5.41) is 12.1. The second-order valence-corrected chi connectivity index (χ2v) is 4.19. The van der Waals surface area contributed by atoms with Gasteiger partial charge in [-0.05, 0) is 31.2 Å². The Morgan fingerprint density at radius 1 is 1.44 bits per heavy atom. The molecule has 0 radical (unpaired) electrons. The van der Waals surface area contributed by atoms with Crippen LogP contribution in [-0.2, 0) is 6.54 Å². The topological polar surface area (TPSA) is 67.2 Å². The summed E-state index contributed by atoms with van der Waals surface area (Å²) in [6.45, 7) is 2.87. The Bertz CT molecular complexity index is 506. The fourth-order valence-corrected chi connectivity index (χ4v) is 1.75. The summed E-state index contributed by atoms with van der Waals surface area (Å²) >= 11 is 0. The highest BCUT2D eigenvalue weighted by Gasteiger charge is 2.05. The molecule has 2 aromatic rings. The molecule has 94 valence electrons. The van der Waals surface area contributed by atoms with Gasteiger partial charge in [-0.2, -0.15) is 0 Å². The van der Waals surface area contributed by atoms with Crippen LogP contribution in [-0.4, -0.2) is 26.7 Å². The summed E-state index contributed by atoms with van der Waals surface area (Å²) in [5.41, 5.74) is 1.20. The molecule has 5 nitrogen and oxygen atoms in total. The Kier molecular flexibility index (Phi) is 3.62. The zero-order valence-corrected chi connectivity index (χ0v) is 10.1. The van der Waals surface area contributed by atoms with Crippen molar-refractivity contribution in [1.29, 1.82) is 0 Å². The van der Waals surface area contributed by atoms with Crippen molar-refractivity contribution in [3.05, 3.63) is 48.5 Å². The molecule has 0 aliphatic carbocycles. The lowest BCUT2D eigenvalue weighted by molar-refractivity contribution is 0.0697. The lowest BCUT2D eigenvalue weighted by atomic mass is 10.2. The van der Waals surface area contributed by atoms with Crippen molar-refractivity contribution in [2.24, 2.45) is 0 Å². The lowest BCUT2D eigenvalue weighted by Crippen LogP contribution is -2.21. The summed E-state index contributed by atoms with van der Waals surface area (Å²) in [7, 11) is 0. The molecule has 0 saturated carbocycles. The molecule has 1 unspecified atom stereocenters. The first-order valence-corrected chi connectivity index (χ1v) is 5.71. The number of carbonyl (C=O) groups is 1. The van der Waals surface area contributed by atoms with Gasteiger partial charge in [0.1, 0.15) is 0 Å². The van der Waals surface area contributed by atoms with Gasteiger partial charge in [-0.25, -0.2) is 9.78 Å². The van der Waals surface area contributed by atoms with Crippen LogP contribution in [0.25, 0.3) is 0 Å². The van der Waals surface area contributed by atoms with Crippen LogP contribution in [0.3, 0.4) is 0 Å². The molecule has 1 atom stereocenters. The number of nitrogens with zero attached hydrogens (tertiary/aromatic N) is 2. The highest BCUT2D eigenvalue weighted by molar-refractivity contribution is 5.87. The summed E-state index contributed by atoms with van der Waals surface area (Å²) in [4.78, 5) is 14.7. The number of hydrogen-bond acceptors (Lipinski definition) is 3. The van der Waals surface area contributed by atoms with Gasteiger partial charge in [-0.3, -0.25) is 0 Å². The molecule has 0 amide bonds. The normalized spacial score (nSPS) is 12.1. The SMILES string of the molecule is CC(Cn1ccnc1)Nc1ccc(C(=O)O)cc1. The summed E-state index contributed by atoms with van der Waals surface area (Å²) in [5.74, 6) is -0.909. The molecule has 0 bridgehead atoms. The Morgan fingerprint density at radius 3 is 2.72 bits per heavy atom. The third-order valence-corrected chi connectivity index (χ3v) is 2.59. The number of rotatable bonds is 5. The van der Waals surface area contributed by atoms with Crippen molar-refractivity contribution in [2.45, 2.75) is 19.5 Å². The van der Waals surface area contributed by atoms with E-state index in [4.69, 9.17) is 5.11 Å². The maximum atomic E-state index is 10.7. The van der Waals surface area contributed by atoms with Crippen LogP contribution in [0.2, 0.25) is 0 Å². The molecule has 0 saturated heterocycles. The molecule has 2 N–H and O–H groups in total. The Labute approximate surface area is 105 Å². The first kappa shape index (κ1) is 12.2. The van der Waals surface area contributed by atoms with E-state index in [9.17, 15) is 4.79 Å². The average Bonchev–Trinajstić information content (AvgIpc) is 2.82. The highest BCUT2D eigenvalue weighted by Crippen LogP contribution is 2.11. The molecule has 0 fully saturated rings. The minimum absolute atomic E-state index is 0.231. The third kappa shape index (κ3) is 3.10. The number of nitrogens with one attached hydrogen (secondary N) is 1. The van der Waals surface area contributed by atoms with Crippen molar-refractivity contribution < 1.29 is 9.90 Å². The molecular formula is C13H15N3O2.